The fraction of sp³-hybridized carbons (Fsp3) is 0.438. The molecular formula is C16H21N3O. The lowest BCUT2D eigenvalue weighted by Gasteiger charge is -2.13. The van der Waals surface area contributed by atoms with E-state index in [1.165, 1.54) is 5.56 Å². The van der Waals surface area contributed by atoms with E-state index in [0.717, 1.165) is 23.2 Å². The predicted molar refractivity (Wildman–Crippen MR) is 83.2 cm³/mol. The molecule has 0 aliphatic rings. The Morgan fingerprint density at radius 2 is 2.10 bits per heavy atom. The summed E-state index contributed by atoms with van der Waals surface area (Å²) < 4.78 is 5.16. The van der Waals surface area contributed by atoms with Crippen LogP contribution >= 0.6 is 0 Å². The van der Waals surface area contributed by atoms with E-state index in [-0.39, 0.29) is 0 Å². The number of hydrogen-bond acceptors (Lipinski definition) is 4. The lowest BCUT2D eigenvalue weighted by molar-refractivity contribution is 0.399. The van der Waals surface area contributed by atoms with E-state index in [9.17, 15) is 0 Å². The topological polar surface area (TPSA) is 47.4 Å². The van der Waals surface area contributed by atoms with Gasteiger partial charge < -0.3 is 4.74 Å². The van der Waals surface area contributed by atoms with Gasteiger partial charge >= 0.3 is 0 Å². The maximum absolute atomic E-state index is 5.16. The quantitative estimate of drug-likeness (QED) is 0.780. The Hall–Kier alpha value is -1.97. The summed E-state index contributed by atoms with van der Waals surface area (Å²) in [4.78, 5) is 13.5. The Labute approximate surface area is 119 Å². The molecule has 4 heteroatoms. The Morgan fingerprint density at radius 1 is 1.35 bits per heavy atom. The predicted octanol–water partition coefficient (Wildman–Crippen LogP) is 4.26. The zero-order valence-electron chi connectivity index (χ0n) is 12.8. The fourth-order valence-electron chi connectivity index (χ4n) is 2.16. The largest absolute Gasteiger partial charge is 0.481 e. The minimum absolute atomic E-state index is 0.360. The van der Waals surface area contributed by atoms with E-state index < -0.39 is 0 Å². The van der Waals surface area contributed by atoms with Gasteiger partial charge in [0.1, 0.15) is 0 Å². The summed E-state index contributed by atoms with van der Waals surface area (Å²) in [6.07, 6.45) is 2.75. The van der Waals surface area contributed by atoms with Crippen LogP contribution in [-0.2, 0) is 0 Å². The third kappa shape index (κ3) is 2.79. The normalized spacial score (nSPS) is 12.2. The van der Waals surface area contributed by atoms with Crippen LogP contribution in [0.15, 0.2) is 23.3 Å². The van der Waals surface area contributed by atoms with Gasteiger partial charge in [-0.2, -0.15) is 4.98 Å². The first kappa shape index (κ1) is 14.4. The lowest BCUT2D eigenvalue weighted by atomic mass is 9.98. The van der Waals surface area contributed by atoms with E-state index in [2.05, 4.69) is 35.7 Å². The van der Waals surface area contributed by atoms with Crippen LogP contribution in [0, 0.1) is 0 Å². The van der Waals surface area contributed by atoms with Gasteiger partial charge in [0.2, 0.25) is 5.88 Å². The second-order valence-electron chi connectivity index (χ2n) is 5.14. The van der Waals surface area contributed by atoms with Crippen molar-refractivity contribution in [3.63, 3.8) is 0 Å². The van der Waals surface area contributed by atoms with Gasteiger partial charge in [-0.05, 0) is 30.9 Å². The molecular weight excluding hydrogens is 250 g/mol. The summed E-state index contributed by atoms with van der Waals surface area (Å²) in [5.74, 6) is 0.944. The molecule has 20 heavy (non-hydrogen) atoms. The van der Waals surface area contributed by atoms with Crippen molar-refractivity contribution in [1.82, 2.24) is 9.97 Å². The SMILES string of the molecule is CCC(C)=Nc1cnc2nc(OC)ccc2c1C(C)C. The summed E-state index contributed by atoms with van der Waals surface area (Å²) >= 11 is 0. The van der Waals surface area contributed by atoms with Gasteiger partial charge in [0.05, 0.1) is 19.0 Å². The average molecular weight is 271 g/mol. The number of fused-ring (bicyclic) bond motifs is 1. The highest BCUT2D eigenvalue weighted by Crippen LogP contribution is 2.33. The summed E-state index contributed by atoms with van der Waals surface area (Å²) in [6.45, 7) is 8.48. The van der Waals surface area contributed by atoms with Crippen molar-refractivity contribution in [3.8, 4) is 5.88 Å². The van der Waals surface area contributed by atoms with Crippen LogP contribution in [0.1, 0.15) is 45.6 Å². The first-order chi connectivity index (χ1) is 9.56. The van der Waals surface area contributed by atoms with Crippen LogP contribution in [0.5, 0.6) is 5.88 Å². The number of methoxy groups -OCH3 is 1. The van der Waals surface area contributed by atoms with Crippen molar-refractivity contribution >= 4 is 22.4 Å². The van der Waals surface area contributed by atoms with Crippen LogP contribution in [0.4, 0.5) is 5.69 Å². The minimum atomic E-state index is 0.360. The molecule has 0 radical (unpaired) electrons. The third-order valence-corrected chi connectivity index (χ3v) is 3.33. The molecule has 0 spiro atoms. The van der Waals surface area contributed by atoms with Crippen molar-refractivity contribution in [2.24, 2.45) is 4.99 Å². The molecule has 0 aliphatic carbocycles. The van der Waals surface area contributed by atoms with Crippen molar-refractivity contribution in [2.75, 3.05) is 7.11 Å². The first-order valence-electron chi connectivity index (χ1n) is 6.94. The van der Waals surface area contributed by atoms with E-state index in [0.29, 0.717) is 17.4 Å². The third-order valence-electron chi connectivity index (χ3n) is 3.33. The molecule has 2 aromatic rings. The highest BCUT2D eigenvalue weighted by atomic mass is 16.5. The first-order valence-corrected chi connectivity index (χ1v) is 6.94. The van der Waals surface area contributed by atoms with Crippen LogP contribution in [-0.4, -0.2) is 22.8 Å². The molecule has 0 amide bonds. The van der Waals surface area contributed by atoms with Crippen molar-refractivity contribution < 1.29 is 4.74 Å². The number of nitrogens with zero attached hydrogens (tertiary/aromatic N) is 3. The highest BCUT2D eigenvalue weighted by molar-refractivity contribution is 5.89. The number of hydrogen-bond donors (Lipinski definition) is 0. The molecule has 0 bridgehead atoms. The van der Waals surface area contributed by atoms with Crippen LogP contribution in [0.2, 0.25) is 0 Å². The van der Waals surface area contributed by atoms with E-state index in [1.54, 1.807) is 7.11 Å². The lowest BCUT2D eigenvalue weighted by Crippen LogP contribution is -1.97. The Balaban J connectivity index is 2.69. The van der Waals surface area contributed by atoms with Crippen molar-refractivity contribution in [1.29, 1.82) is 0 Å². The van der Waals surface area contributed by atoms with Gasteiger partial charge in [0.25, 0.3) is 0 Å². The van der Waals surface area contributed by atoms with Crippen molar-refractivity contribution in [3.05, 3.63) is 23.9 Å². The zero-order valence-corrected chi connectivity index (χ0v) is 12.8. The number of aromatic nitrogens is 2. The highest BCUT2D eigenvalue weighted by Gasteiger charge is 2.13. The number of pyridine rings is 2. The molecule has 0 unspecified atom stereocenters. The monoisotopic (exact) mass is 271 g/mol. The molecule has 2 heterocycles. The second kappa shape index (κ2) is 5.99. The molecule has 0 aliphatic heterocycles. The number of ether oxygens (including phenoxy) is 1. The number of aliphatic imine (C=N–C) groups is 1. The maximum Gasteiger partial charge on any atom is 0.215 e. The van der Waals surface area contributed by atoms with Gasteiger partial charge in [-0.25, -0.2) is 4.98 Å². The maximum atomic E-state index is 5.16. The molecule has 2 rings (SSSR count). The van der Waals surface area contributed by atoms with Crippen LogP contribution in [0.25, 0.3) is 11.0 Å². The van der Waals surface area contributed by atoms with Gasteiger partial charge in [-0.1, -0.05) is 20.8 Å². The molecule has 0 N–H and O–H groups in total. The van der Waals surface area contributed by atoms with Gasteiger partial charge in [-0.15, -0.1) is 0 Å². The Morgan fingerprint density at radius 3 is 2.70 bits per heavy atom. The van der Waals surface area contributed by atoms with Crippen LogP contribution < -0.4 is 4.74 Å². The van der Waals surface area contributed by atoms with E-state index >= 15 is 0 Å². The molecule has 0 fully saturated rings. The molecule has 4 nitrogen and oxygen atoms in total. The fourth-order valence-corrected chi connectivity index (χ4v) is 2.16. The van der Waals surface area contributed by atoms with Gasteiger partial charge in [0.15, 0.2) is 5.65 Å². The van der Waals surface area contributed by atoms with E-state index in [1.807, 2.05) is 25.3 Å². The molecule has 0 saturated heterocycles. The minimum Gasteiger partial charge on any atom is -0.481 e. The summed E-state index contributed by atoms with van der Waals surface area (Å²) in [7, 11) is 1.61. The Kier molecular flexibility index (Phi) is 4.32. The van der Waals surface area contributed by atoms with E-state index in [4.69, 9.17) is 4.74 Å². The van der Waals surface area contributed by atoms with Crippen LogP contribution in [0.3, 0.4) is 0 Å². The smallest absolute Gasteiger partial charge is 0.215 e. The average Bonchev–Trinajstić information content (AvgIpc) is 2.45. The summed E-state index contributed by atoms with van der Waals surface area (Å²) in [6, 6.07) is 3.89. The molecule has 106 valence electrons. The number of rotatable bonds is 4. The molecule has 0 atom stereocenters. The van der Waals surface area contributed by atoms with Gasteiger partial charge in [0, 0.05) is 17.2 Å². The van der Waals surface area contributed by atoms with Gasteiger partial charge in [-0.3, -0.25) is 4.99 Å². The molecule has 2 aromatic heterocycles. The summed E-state index contributed by atoms with van der Waals surface area (Å²) in [5.41, 5.74) is 3.95. The standard InChI is InChI=1S/C16H21N3O/c1-6-11(4)18-13-9-17-16-12(15(13)10(2)3)7-8-14(19-16)20-5/h7-10H,6H2,1-5H3. The molecule has 0 saturated carbocycles. The summed E-state index contributed by atoms with van der Waals surface area (Å²) in [5, 5.41) is 1.05. The molecule has 0 aromatic carbocycles. The van der Waals surface area contributed by atoms with Crippen molar-refractivity contribution in [2.45, 2.75) is 40.0 Å². The Bertz CT molecular complexity index is 647. The zero-order chi connectivity index (χ0) is 14.7. The second-order valence-corrected chi connectivity index (χ2v) is 5.14.